The second-order valence-electron chi connectivity index (χ2n) is 4.42. The van der Waals surface area contributed by atoms with Crippen LogP contribution in [0.2, 0.25) is 0 Å². The highest BCUT2D eigenvalue weighted by molar-refractivity contribution is 7.89. The predicted molar refractivity (Wildman–Crippen MR) is 78.6 cm³/mol. The van der Waals surface area contributed by atoms with Crippen molar-refractivity contribution in [2.24, 2.45) is 0 Å². The monoisotopic (exact) mass is 299 g/mol. The van der Waals surface area contributed by atoms with E-state index in [9.17, 15) is 13.2 Å². The van der Waals surface area contributed by atoms with E-state index in [2.05, 4.69) is 4.72 Å². The molecule has 0 radical (unpaired) electrons. The molecule has 6 nitrogen and oxygen atoms in total. The summed E-state index contributed by atoms with van der Waals surface area (Å²) in [4.78, 5) is 13.7. The van der Waals surface area contributed by atoms with Crippen LogP contribution in [0.3, 0.4) is 0 Å². The number of nitrogens with two attached hydrogens (primary N) is 1. The molecular weight excluding hydrogens is 278 g/mol. The number of likely N-dealkylation sites (N-methyl/N-ethyl adjacent to an activating group) is 1. The van der Waals surface area contributed by atoms with Gasteiger partial charge < -0.3 is 10.6 Å². The second kappa shape index (κ2) is 6.71. The van der Waals surface area contributed by atoms with Gasteiger partial charge in [-0.05, 0) is 45.0 Å². The lowest BCUT2D eigenvalue weighted by molar-refractivity contribution is -0.132. The average molecular weight is 299 g/mol. The molecule has 0 spiro atoms. The number of hydrogen-bond acceptors (Lipinski definition) is 4. The summed E-state index contributed by atoms with van der Waals surface area (Å²) in [5.74, 6) is -0.242. The van der Waals surface area contributed by atoms with Crippen molar-refractivity contribution in [3.8, 4) is 0 Å². The number of anilines is 1. The number of rotatable bonds is 6. The summed E-state index contributed by atoms with van der Waals surface area (Å²) in [6.45, 7) is 6.33. The summed E-state index contributed by atoms with van der Waals surface area (Å²) >= 11 is 0. The van der Waals surface area contributed by atoms with Crippen molar-refractivity contribution in [2.75, 3.05) is 18.8 Å². The molecule has 1 unspecified atom stereocenters. The molecule has 0 aliphatic rings. The summed E-state index contributed by atoms with van der Waals surface area (Å²) in [6, 6.07) is 5.02. The van der Waals surface area contributed by atoms with E-state index >= 15 is 0 Å². The van der Waals surface area contributed by atoms with Gasteiger partial charge in [0.25, 0.3) is 0 Å². The third-order valence-corrected chi connectivity index (χ3v) is 4.52. The Morgan fingerprint density at radius 1 is 1.25 bits per heavy atom. The molecule has 0 fully saturated rings. The molecule has 0 saturated carbocycles. The van der Waals surface area contributed by atoms with Gasteiger partial charge in [0.15, 0.2) is 0 Å². The van der Waals surface area contributed by atoms with Gasteiger partial charge in [-0.3, -0.25) is 4.79 Å². The van der Waals surface area contributed by atoms with Gasteiger partial charge in [-0.25, -0.2) is 8.42 Å². The normalized spacial score (nSPS) is 12.9. The minimum Gasteiger partial charge on any atom is -0.399 e. The SMILES string of the molecule is CCN(CC)C(=O)C(C)NS(=O)(=O)c1ccc(N)cc1. The number of carbonyl (C=O) groups excluding carboxylic acids is 1. The van der Waals surface area contributed by atoms with E-state index < -0.39 is 16.1 Å². The topological polar surface area (TPSA) is 92.5 Å². The molecule has 0 aromatic heterocycles. The lowest BCUT2D eigenvalue weighted by Gasteiger charge is -2.23. The Labute approximate surface area is 120 Å². The van der Waals surface area contributed by atoms with Crippen molar-refractivity contribution in [3.05, 3.63) is 24.3 Å². The van der Waals surface area contributed by atoms with Crippen molar-refractivity contribution in [3.63, 3.8) is 0 Å². The van der Waals surface area contributed by atoms with Crippen molar-refractivity contribution in [2.45, 2.75) is 31.7 Å². The molecule has 1 atom stereocenters. The molecule has 1 aromatic rings. The zero-order chi connectivity index (χ0) is 15.3. The van der Waals surface area contributed by atoms with Gasteiger partial charge in [0.2, 0.25) is 15.9 Å². The molecule has 1 amide bonds. The van der Waals surface area contributed by atoms with Gasteiger partial charge >= 0.3 is 0 Å². The molecule has 1 aromatic carbocycles. The molecule has 7 heteroatoms. The first kappa shape index (κ1) is 16.5. The zero-order valence-corrected chi connectivity index (χ0v) is 12.8. The highest BCUT2D eigenvalue weighted by Crippen LogP contribution is 2.12. The molecule has 112 valence electrons. The molecule has 0 aliphatic carbocycles. The number of carbonyl (C=O) groups is 1. The Kier molecular flexibility index (Phi) is 5.52. The second-order valence-corrected chi connectivity index (χ2v) is 6.14. The van der Waals surface area contributed by atoms with Gasteiger partial charge in [0, 0.05) is 18.8 Å². The largest absolute Gasteiger partial charge is 0.399 e. The molecule has 0 aliphatic heterocycles. The smallest absolute Gasteiger partial charge is 0.241 e. The Morgan fingerprint density at radius 3 is 2.20 bits per heavy atom. The number of benzene rings is 1. The maximum atomic E-state index is 12.1. The molecule has 0 saturated heterocycles. The van der Waals surface area contributed by atoms with Gasteiger partial charge in [0.05, 0.1) is 10.9 Å². The average Bonchev–Trinajstić information content (AvgIpc) is 2.40. The van der Waals surface area contributed by atoms with Crippen molar-refractivity contribution in [1.82, 2.24) is 9.62 Å². The first-order chi connectivity index (χ1) is 9.31. The minimum atomic E-state index is -3.72. The van der Waals surface area contributed by atoms with Crippen molar-refractivity contribution >= 4 is 21.6 Å². The van der Waals surface area contributed by atoms with Crippen LogP contribution in [0.25, 0.3) is 0 Å². The Balaban J connectivity index is 2.85. The first-order valence-electron chi connectivity index (χ1n) is 6.48. The molecule has 1 rings (SSSR count). The summed E-state index contributed by atoms with van der Waals surface area (Å²) in [5, 5.41) is 0. The summed E-state index contributed by atoms with van der Waals surface area (Å²) in [6.07, 6.45) is 0. The quantitative estimate of drug-likeness (QED) is 0.760. The minimum absolute atomic E-state index is 0.0888. The zero-order valence-electron chi connectivity index (χ0n) is 12.0. The number of nitrogens with one attached hydrogen (secondary N) is 1. The van der Waals surface area contributed by atoms with E-state index in [1.54, 1.807) is 4.90 Å². The van der Waals surface area contributed by atoms with Crippen molar-refractivity contribution in [1.29, 1.82) is 0 Å². The first-order valence-corrected chi connectivity index (χ1v) is 7.96. The molecule has 20 heavy (non-hydrogen) atoms. The lowest BCUT2D eigenvalue weighted by Crippen LogP contribution is -2.46. The Bertz CT molecular complexity index is 551. The van der Waals surface area contributed by atoms with Crippen LogP contribution in [0.1, 0.15) is 20.8 Å². The van der Waals surface area contributed by atoms with E-state index in [1.165, 1.54) is 31.2 Å². The fourth-order valence-corrected chi connectivity index (χ4v) is 3.00. The number of amides is 1. The maximum absolute atomic E-state index is 12.1. The summed E-state index contributed by atoms with van der Waals surface area (Å²) < 4.78 is 26.7. The molecule has 0 heterocycles. The van der Waals surface area contributed by atoms with E-state index in [1.807, 2.05) is 13.8 Å². The van der Waals surface area contributed by atoms with Gasteiger partial charge in [0.1, 0.15) is 0 Å². The fourth-order valence-electron chi connectivity index (χ4n) is 1.81. The van der Waals surface area contributed by atoms with E-state index in [0.29, 0.717) is 18.8 Å². The maximum Gasteiger partial charge on any atom is 0.241 e. The highest BCUT2D eigenvalue weighted by Gasteiger charge is 2.24. The van der Waals surface area contributed by atoms with Crippen molar-refractivity contribution < 1.29 is 13.2 Å². The highest BCUT2D eigenvalue weighted by atomic mass is 32.2. The fraction of sp³-hybridized carbons (Fsp3) is 0.462. The Hall–Kier alpha value is -1.60. The van der Waals surface area contributed by atoms with Crippen LogP contribution in [0.5, 0.6) is 0 Å². The van der Waals surface area contributed by atoms with Gasteiger partial charge in [-0.2, -0.15) is 4.72 Å². The number of sulfonamides is 1. The van der Waals surface area contributed by atoms with Crippen LogP contribution in [0, 0.1) is 0 Å². The van der Waals surface area contributed by atoms with E-state index in [-0.39, 0.29) is 10.8 Å². The Morgan fingerprint density at radius 2 is 1.75 bits per heavy atom. The van der Waals surface area contributed by atoms with Crippen LogP contribution >= 0.6 is 0 Å². The van der Waals surface area contributed by atoms with E-state index in [0.717, 1.165) is 0 Å². The standard InChI is InChI=1S/C13H21N3O3S/c1-4-16(5-2)13(17)10(3)15-20(18,19)12-8-6-11(14)7-9-12/h6-10,15H,4-5,14H2,1-3H3. The van der Waals surface area contributed by atoms with Crippen LogP contribution < -0.4 is 10.5 Å². The lowest BCUT2D eigenvalue weighted by atomic mass is 10.3. The third kappa shape index (κ3) is 3.94. The summed E-state index contributed by atoms with van der Waals surface area (Å²) in [7, 11) is -3.72. The third-order valence-electron chi connectivity index (χ3n) is 2.97. The molecule has 3 N–H and O–H groups in total. The van der Waals surface area contributed by atoms with Crippen LogP contribution in [0.15, 0.2) is 29.2 Å². The van der Waals surface area contributed by atoms with Gasteiger partial charge in [-0.1, -0.05) is 0 Å². The molecule has 0 bridgehead atoms. The number of nitrogen functional groups attached to an aromatic ring is 1. The van der Waals surface area contributed by atoms with Crippen LogP contribution in [-0.4, -0.2) is 38.4 Å². The summed E-state index contributed by atoms with van der Waals surface area (Å²) in [5.41, 5.74) is 6.00. The van der Waals surface area contributed by atoms with Crippen LogP contribution in [-0.2, 0) is 14.8 Å². The molecular formula is C13H21N3O3S. The van der Waals surface area contributed by atoms with Gasteiger partial charge in [-0.15, -0.1) is 0 Å². The van der Waals surface area contributed by atoms with E-state index in [4.69, 9.17) is 5.73 Å². The predicted octanol–water partition coefficient (Wildman–Crippen LogP) is 0.804. The van der Waals surface area contributed by atoms with Crippen LogP contribution in [0.4, 0.5) is 5.69 Å². The number of nitrogens with zero attached hydrogens (tertiary/aromatic N) is 1. The number of hydrogen-bond donors (Lipinski definition) is 2.